The zero-order valence-electron chi connectivity index (χ0n) is 31.1. The van der Waals surface area contributed by atoms with Crippen molar-refractivity contribution in [3.05, 3.63) is 12.2 Å². The largest absolute Gasteiger partial charge is 0.393 e. The summed E-state index contributed by atoms with van der Waals surface area (Å²) in [5.74, 6) is -1.60. The van der Waals surface area contributed by atoms with Gasteiger partial charge < -0.3 is 70.0 Å². The van der Waals surface area contributed by atoms with Crippen molar-refractivity contribution in [2.24, 2.45) is 52.3 Å². The van der Waals surface area contributed by atoms with Gasteiger partial charge in [0.1, 0.15) is 36.6 Å². The number of aliphatic hydroxyl groups is 10. The van der Waals surface area contributed by atoms with Crippen LogP contribution in [0.3, 0.4) is 0 Å². The minimum atomic E-state index is -1.42. The number of rotatable bonds is 9. The van der Waals surface area contributed by atoms with Gasteiger partial charge in [0.15, 0.2) is 12.6 Å². The Bertz CT molecular complexity index is 1260. The monoisotopic (exact) mass is 744 g/mol. The van der Waals surface area contributed by atoms with Gasteiger partial charge in [0, 0.05) is 12.3 Å². The summed E-state index contributed by atoms with van der Waals surface area (Å²) in [6, 6.07) is 0. The van der Waals surface area contributed by atoms with Crippen LogP contribution in [0.1, 0.15) is 73.1 Å². The fraction of sp³-hybridized carbons (Fsp3) is 0.947. The first kappa shape index (κ1) is 40.8. The van der Waals surface area contributed by atoms with Crippen molar-refractivity contribution in [2.75, 3.05) is 19.8 Å². The molecule has 10 N–H and O–H groups in total. The van der Waals surface area contributed by atoms with Crippen molar-refractivity contribution < 1.29 is 70.0 Å². The fourth-order valence-corrected chi connectivity index (χ4v) is 11.6. The van der Waals surface area contributed by atoms with Gasteiger partial charge in [-0.25, -0.2) is 0 Å². The smallest absolute Gasteiger partial charge is 0.186 e. The summed E-state index contributed by atoms with van der Waals surface area (Å²) in [5, 5.41) is 108. The normalized spacial score (nSPS) is 54.2. The molecule has 0 unspecified atom stereocenters. The van der Waals surface area contributed by atoms with Gasteiger partial charge in [-0.15, -0.1) is 0 Å². The molecule has 6 fully saturated rings. The second kappa shape index (κ2) is 15.3. The Morgan fingerprint density at radius 1 is 0.712 bits per heavy atom. The molecule has 52 heavy (non-hydrogen) atoms. The SMILES string of the molecule is C[C@H](/C=C/[C@@H](C)[C@H](C)CO[C@H]1OC[C@H](O)[C@@H](O)[C@@H]1O)[C@H]1[C@@H](O)[C@@H](O)[C@@H]2[C@]1(C)CC[C@@H]1[C@@]3(C)CC[C@H](O[C@@H]4OC[C@@H](O)[C@H](O)[C@H]4O)C[C@@H]3[C@@H](O)C[C@]12O. The van der Waals surface area contributed by atoms with E-state index in [1.807, 2.05) is 20.8 Å². The van der Waals surface area contributed by atoms with Gasteiger partial charge in [-0.2, -0.15) is 0 Å². The van der Waals surface area contributed by atoms with E-state index in [1.165, 1.54) is 0 Å². The van der Waals surface area contributed by atoms with Crippen LogP contribution in [0, 0.1) is 52.3 Å². The number of hydrogen-bond donors (Lipinski definition) is 10. The van der Waals surface area contributed by atoms with Crippen LogP contribution in [0.15, 0.2) is 12.2 Å². The van der Waals surface area contributed by atoms with Crippen LogP contribution >= 0.6 is 0 Å². The summed E-state index contributed by atoms with van der Waals surface area (Å²) in [7, 11) is 0. The lowest BCUT2D eigenvalue weighted by Crippen LogP contribution is -2.69. The third-order valence-electron chi connectivity index (χ3n) is 14.8. The summed E-state index contributed by atoms with van der Waals surface area (Å²) in [4.78, 5) is 0. The van der Waals surface area contributed by atoms with Crippen LogP contribution < -0.4 is 0 Å². The average molecular weight is 745 g/mol. The molecule has 14 nitrogen and oxygen atoms in total. The number of allylic oxidation sites excluding steroid dienone is 2. The molecule has 2 aliphatic heterocycles. The van der Waals surface area contributed by atoms with E-state index in [9.17, 15) is 51.1 Å². The molecule has 2 heterocycles. The van der Waals surface area contributed by atoms with Crippen LogP contribution in [-0.4, -0.2) is 150 Å². The Morgan fingerprint density at radius 2 is 1.31 bits per heavy atom. The molecule has 300 valence electrons. The maximum Gasteiger partial charge on any atom is 0.186 e. The lowest BCUT2D eigenvalue weighted by Gasteiger charge is -2.66. The van der Waals surface area contributed by atoms with Crippen molar-refractivity contribution in [3.8, 4) is 0 Å². The molecule has 2 saturated heterocycles. The van der Waals surface area contributed by atoms with Gasteiger partial charge in [-0.1, -0.05) is 46.8 Å². The van der Waals surface area contributed by atoms with Crippen LogP contribution in [0.25, 0.3) is 0 Å². The van der Waals surface area contributed by atoms with Crippen molar-refractivity contribution in [3.63, 3.8) is 0 Å². The van der Waals surface area contributed by atoms with Crippen molar-refractivity contribution in [2.45, 2.75) is 152 Å². The highest BCUT2D eigenvalue weighted by Crippen LogP contribution is 2.70. The molecule has 6 aliphatic rings. The zero-order chi connectivity index (χ0) is 38.1. The maximum atomic E-state index is 12.8. The van der Waals surface area contributed by atoms with E-state index < -0.39 is 89.9 Å². The first-order valence-electron chi connectivity index (χ1n) is 19.4. The Kier molecular flexibility index (Phi) is 12.0. The zero-order valence-corrected chi connectivity index (χ0v) is 31.1. The highest BCUT2D eigenvalue weighted by atomic mass is 16.7. The summed E-state index contributed by atoms with van der Waals surface area (Å²) >= 11 is 0. The minimum Gasteiger partial charge on any atom is -0.393 e. The van der Waals surface area contributed by atoms with Gasteiger partial charge in [0.25, 0.3) is 0 Å². The van der Waals surface area contributed by atoms with E-state index in [-0.39, 0.29) is 67.9 Å². The molecule has 0 aromatic rings. The first-order chi connectivity index (χ1) is 24.3. The average Bonchev–Trinajstić information content (AvgIpc) is 3.30. The van der Waals surface area contributed by atoms with E-state index in [0.717, 1.165) is 0 Å². The molecule has 0 aromatic heterocycles. The molecule has 0 amide bonds. The predicted octanol–water partition coefficient (Wildman–Crippen LogP) is -0.583. The Morgan fingerprint density at radius 3 is 1.96 bits per heavy atom. The summed E-state index contributed by atoms with van der Waals surface area (Å²) in [6.45, 7) is 10.2. The number of aliphatic hydroxyl groups excluding tert-OH is 9. The second-order valence-electron chi connectivity index (χ2n) is 17.9. The summed E-state index contributed by atoms with van der Waals surface area (Å²) in [5.41, 5.74) is -2.51. The van der Waals surface area contributed by atoms with Gasteiger partial charge in [-0.05, 0) is 78.4 Å². The number of ether oxygens (including phenoxy) is 4. The molecule has 6 rings (SSSR count). The second-order valence-corrected chi connectivity index (χ2v) is 17.9. The van der Waals surface area contributed by atoms with Crippen LogP contribution in [0.5, 0.6) is 0 Å². The molecule has 4 aliphatic carbocycles. The van der Waals surface area contributed by atoms with E-state index in [0.29, 0.717) is 32.1 Å². The van der Waals surface area contributed by atoms with Gasteiger partial charge in [0.05, 0.1) is 49.8 Å². The molecule has 0 bridgehead atoms. The molecule has 0 aromatic carbocycles. The molecular weight excluding hydrogens is 680 g/mol. The van der Waals surface area contributed by atoms with E-state index in [2.05, 4.69) is 26.0 Å². The van der Waals surface area contributed by atoms with Crippen molar-refractivity contribution in [1.29, 1.82) is 0 Å². The van der Waals surface area contributed by atoms with Gasteiger partial charge in [0.2, 0.25) is 0 Å². The van der Waals surface area contributed by atoms with Crippen LogP contribution in [0.2, 0.25) is 0 Å². The van der Waals surface area contributed by atoms with E-state index >= 15 is 0 Å². The third-order valence-corrected chi connectivity index (χ3v) is 14.8. The lowest BCUT2D eigenvalue weighted by atomic mass is 9.42. The number of hydrogen-bond acceptors (Lipinski definition) is 14. The lowest BCUT2D eigenvalue weighted by molar-refractivity contribution is -0.300. The minimum absolute atomic E-state index is 0.000483. The quantitative estimate of drug-likeness (QED) is 0.105. The third kappa shape index (κ3) is 6.95. The Balaban J connectivity index is 1.11. The van der Waals surface area contributed by atoms with E-state index in [1.54, 1.807) is 0 Å². The molecule has 0 spiro atoms. The van der Waals surface area contributed by atoms with E-state index in [4.69, 9.17) is 18.9 Å². The summed E-state index contributed by atoms with van der Waals surface area (Å²) < 4.78 is 22.7. The first-order valence-corrected chi connectivity index (χ1v) is 19.4. The van der Waals surface area contributed by atoms with Gasteiger partial charge in [-0.3, -0.25) is 0 Å². The van der Waals surface area contributed by atoms with Crippen molar-refractivity contribution >= 4 is 0 Å². The number of fused-ring (bicyclic) bond motifs is 5. The van der Waals surface area contributed by atoms with Gasteiger partial charge >= 0.3 is 0 Å². The van der Waals surface area contributed by atoms with Crippen LogP contribution in [0.4, 0.5) is 0 Å². The highest BCUT2D eigenvalue weighted by Gasteiger charge is 2.72. The summed E-state index contributed by atoms with van der Waals surface area (Å²) in [6.07, 6.45) is -6.34. The molecule has 4 saturated carbocycles. The van der Waals surface area contributed by atoms with Crippen LogP contribution in [-0.2, 0) is 18.9 Å². The van der Waals surface area contributed by atoms with Crippen molar-refractivity contribution in [1.82, 2.24) is 0 Å². The standard InChI is InChI=1S/C38H64O14/c1-17(19(3)14-49-34-31(46)27(42)23(40)15-50-34)6-7-18(2)26-29(44)30(45)33-37(26,5)11-9-25-36(4)10-8-20(12-21(36)22(39)13-38(25,33)48)52-35-32(47)28(43)24(41)16-51-35/h6-7,17-35,39-48H,8-16H2,1-5H3/b7-6+/t17-,18-,19-,20+,21-,22+,23+,24-,25-,26+,27-,28+,29-,30-,31+,32-,33-,34+,35+,36+,37-,38+/m1/s1. The molecule has 22 atom stereocenters. The maximum absolute atomic E-state index is 12.8. The molecular formula is C38H64O14. The molecule has 14 heteroatoms. The Hall–Kier alpha value is -0.820. The fourth-order valence-electron chi connectivity index (χ4n) is 11.6. The highest BCUT2D eigenvalue weighted by molar-refractivity contribution is 5.22. The predicted molar refractivity (Wildman–Crippen MR) is 184 cm³/mol. The Labute approximate surface area is 306 Å². The topological polar surface area (TPSA) is 239 Å². The molecule has 0 radical (unpaired) electrons.